The van der Waals surface area contributed by atoms with E-state index in [1.165, 1.54) is 25.2 Å². The lowest BCUT2D eigenvalue weighted by Gasteiger charge is -2.15. The second kappa shape index (κ2) is 8.12. The average Bonchev–Trinajstić information content (AvgIpc) is 2.63. The summed E-state index contributed by atoms with van der Waals surface area (Å²) in [7, 11) is 1.48. The zero-order chi connectivity index (χ0) is 19.3. The molecule has 0 saturated carbocycles. The first-order chi connectivity index (χ1) is 12.4. The van der Waals surface area contributed by atoms with Crippen molar-refractivity contribution in [2.45, 2.75) is 13.3 Å². The minimum absolute atomic E-state index is 0.163. The lowest BCUT2D eigenvalue weighted by atomic mass is 9.93. The number of likely N-dealkylation sites (N-methyl/N-ethyl adjacent to an activating group) is 1. The van der Waals surface area contributed by atoms with Crippen molar-refractivity contribution in [1.82, 2.24) is 5.32 Å². The van der Waals surface area contributed by atoms with Gasteiger partial charge in [0.15, 0.2) is 6.61 Å². The number of rotatable bonds is 6. The van der Waals surface area contributed by atoms with Crippen LogP contribution in [0.5, 0.6) is 5.75 Å². The van der Waals surface area contributed by atoms with Crippen molar-refractivity contribution in [2.24, 2.45) is 5.73 Å². The summed E-state index contributed by atoms with van der Waals surface area (Å²) in [5.41, 5.74) is 7.31. The number of nitriles is 1. The number of amides is 2. The Balaban J connectivity index is 2.47. The normalized spacial score (nSPS) is 10.1. The number of nitrogens with zero attached hydrogens (tertiary/aromatic N) is 1. The van der Waals surface area contributed by atoms with Crippen LogP contribution in [0.15, 0.2) is 30.3 Å². The smallest absolute Gasteiger partial charge is 0.257 e. The predicted molar refractivity (Wildman–Crippen MR) is 93.2 cm³/mol. The van der Waals surface area contributed by atoms with E-state index in [9.17, 15) is 14.0 Å². The van der Waals surface area contributed by atoms with Crippen molar-refractivity contribution >= 4 is 11.8 Å². The Hall–Kier alpha value is -3.40. The number of carbonyl (C=O) groups excluding carboxylic acids is 2. The maximum absolute atomic E-state index is 14.0. The fourth-order valence-corrected chi connectivity index (χ4v) is 2.50. The Labute approximate surface area is 150 Å². The molecular formula is C19H18FN3O3. The molecule has 2 aromatic rings. The van der Waals surface area contributed by atoms with Crippen molar-refractivity contribution in [3.63, 3.8) is 0 Å². The molecule has 0 unspecified atom stereocenters. The summed E-state index contributed by atoms with van der Waals surface area (Å²) >= 11 is 0. The van der Waals surface area contributed by atoms with Gasteiger partial charge in [-0.25, -0.2) is 4.39 Å². The molecule has 0 radical (unpaired) electrons. The highest BCUT2D eigenvalue weighted by atomic mass is 19.1. The van der Waals surface area contributed by atoms with Crippen molar-refractivity contribution in [3.8, 4) is 11.8 Å². The number of hydrogen-bond acceptors (Lipinski definition) is 4. The molecule has 0 aliphatic heterocycles. The van der Waals surface area contributed by atoms with Crippen LogP contribution in [0.3, 0.4) is 0 Å². The molecule has 7 heteroatoms. The monoisotopic (exact) mass is 355 g/mol. The largest absolute Gasteiger partial charge is 0.483 e. The van der Waals surface area contributed by atoms with Crippen LogP contribution in [0.25, 0.3) is 0 Å². The molecule has 6 nitrogen and oxygen atoms in total. The molecule has 134 valence electrons. The molecule has 2 amide bonds. The molecule has 0 spiro atoms. The predicted octanol–water partition coefficient (Wildman–Crippen LogP) is 1.82. The highest BCUT2D eigenvalue weighted by Gasteiger charge is 2.17. The van der Waals surface area contributed by atoms with Gasteiger partial charge in [0.1, 0.15) is 11.6 Å². The van der Waals surface area contributed by atoms with Gasteiger partial charge in [-0.2, -0.15) is 5.26 Å². The second-order valence-electron chi connectivity index (χ2n) is 5.64. The summed E-state index contributed by atoms with van der Waals surface area (Å²) in [5.74, 6) is -1.14. The Morgan fingerprint density at radius 2 is 2.04 bits per heavy atom. The number of carbonyl (C=O) groups is 2. The Morgan fingerprint density at radius 3 is 2.65 bits per heavy atom. The standard InChI is InChI=1S/C19H18FN3O3/c1-11-15(14(19(22)25)5-6-16(11)20)8-13-4-3-12(9-21)7-17(13)26-10-18(24)23-2/h3-7H,8,10H2,1-2H3,(H2,22,25)(H,23,24). The summed E-state index contributed by atoms with van der Waals surface area (Å²) in [6.45, 7) is 1.33. The first kappa shape index (κ1) is 18.9. The van der Waals surface area contributed by atoms with E-state index in [0.717, 1.165) is 0 Å². The van der Waals surface area contributed by atoms with Gasteiger partial charge < -0.3 is 15.8 Å². The number of halogens is 1. The third-order valence-corrected chi connectivity index (χ3v) is 4.00. The van der Waals surface area contributed by atoms with E-state index >= 15 is 0 Å². The number of hydrogen-bond donors (Lipinski definition) is 2. The zero-order valence-corrected chi connectivity index (χ0v) is 14.4. The molecule has 0 heterocycles. The van der Waals surface area contributed by atoms with Crippen molar-refractivity contribution in [1.29, 1.82) is 5.26 Å². The van der Waals surface area contributed by atoms with E-state index < -0.39 is 11.7 Å². The third-order valence-electron chi connectivity index (χ3n) is 4.00. The fraction of sp³-hybridized carbons (Fsp3) is 0.211. The molecule has 26 heavy (non-hydrogen) atoms. The SMILES string of the molecule is CNC(=O)COc1cc(C#N)ccc1Cc1c(C(N)=O)ccc(F)c1C. The number of nitrogens with one attached hydrogen (secondary N) is 1. The molecule has 0 aromatic heterocycles. The van der Waals surface area contributed by atoms with E-state index in [1.807, 2.05) is 6.07 Å². The van der Waals surface area contributed by atoms with Crippen molar-refractivity contribution in [3.05, 3.63) is 64.0 Å². The number of primary amides is 1. The van der Waals surface area contributed by atoms with Gasteiger partial charge in [0.05, 0.1) is 11.6 Å². The van der Waals surface area contributed by atoms with Crippen LogP contribution in [-0.4, -0.2) is 25.5 Å². The van der Waals surface area contributed by atoms with E-state index in [4.69, 9.17) is 15.7 Å². The maximum Gasteiger partial charge on any atom is 0.257 e. The summed E-state index contributed by atoms with van der Waals surface area (Å²) in [6.07, 6.45) is 0.163. The number of nitrogens with two attached hydrogens (primary N) is 1. The van der Waals surface area contributed by atoms with Gasteiger partial charge in [-0.05, 0) is 47.9 Å². The number of ether oxygens (including phenoxy) is 1. The topological polar surface area (TPSA) is 105 Å². The molecular weight excluding hydrogens is 337 g/mol. The fourth-order valence-electron chi connectivity index (χ4n) is 2.50. The van der Waals surface area contributed by atoms with E-state index in [2.05, 4.69) is 5.32 Å². The number of benzene rings is 2. The van der Waals surface area contributed by atoms with E-state index in [1.54, 1.807) is 19.1 Å². The lowest BCUT2D eigenvalue weighted by molar-refractivity contribution is -0.122. The van der Waals surface area contributed by atoms with E-state index in [-0.39, 0.29) is 24.5 Å². The van der Waals surface area contributed by atoms with Gasteiger partial charge in [-0.15, -0.1) is 0 Å². The van der Waals surface area contributed by atoms with Crippen molar-refractivity contribution < 1.29 is 18.7 Å². The van der Waals surface area contributed by atoms with Crippen LogP contribution in [0.4, 0.5) is 4.39 Å². The molecule has 0 aliphatic carbocycles. The van der Waals surface area contributed by atoms with Crippen LogP contribution in [0, 0.1) is 24.1 Å². The summed E-state index contributed by atoms with van der Waals surface area (Å²) in [5, 5.41) is 11.5. The van der Waals surface area contributed by atoms with Crippen LogP contribution in [0.2, 0.25) is 0 Å². The molecule has 0 aliphatic rings. The van der Waals surface area contributed by atoms with Crippen molar-refractivity contribution in [2.75, 3.05) is 13.7 Å². The van der Waals surface area contributed by atoms with Gasteiger partial charge in [0.2, 0.25) is 5.91 Å². The second-order valence-corrected chi connectivity index (χ2v) is 5.64. The molecule has 2 aromatic carbocycles. The van der Waals surface area contributed by atoms with Gasteiger partial charge in [0, 0.05) is 19.0 Å². The quantitative estimate of drug-likeness (QED) is 0.824. The van der Waals surface area contributed by atoms with Gasteiger partial charge in [0.25, 0.3) is 5.91 Å². The summed E-state index contributed by atoms with van der Waals surface area (Å²) < 4.78 is 19.5. The third kappa shape index (κ3) is 4.16. The van der Waals surface area contributed by atoms with Crippen LogP contribution < -0.4 is 15.8 Å². The minimum Gasteiger partial charge on any atom is -0.483 e. The first-order valence-corrected chi connectivity index (χ1v) is 7.81. The Morgan fingerprint density at radius 1 is 1.31 bits per heavy atom. The molecule has 0 atom stereocenters. The maximum atomic E-state index is 14.0. The molecule has 0 saturated heterocycles. The Kier molecular flexibility index (Phi) is 5.91. The molecule has 0 bridgehead atoms. The van der Waals surface area contributed by atoms with Crippen LogP contribution >= 0.6 is 0 Å². The molecule has 3 N–H and O–H groups in total. The Bertz CT molecular complexity index is 904. The van der Waals surface area contributed by atoms with Gasteiger partial charge >= 0.3 is 0 Å². The zero-order valence-electron chi connectivity index (χ0n) is 14.4. The molecule has 0 fully saturated rings. The lowest BCUT2D eigenvalue weighted by Crippen LogP contribution is -2.25. The van der Waals surface area contributed by atoms with Gasteiger partial charge in [-0.1, -0.05) is 6.07 Å². The summed E-state index contributed by atoms with van der Waals surface area (Å²) in [4.78, 5) is 23.1. The molecule has 2 rings (SSSR count). The average molecular weight is 355 g/mol. The van der Waals surface area contributed by atoms with Crippen LogP contribution in [0.1, 0.15) is 32.6 Å². The van der Waals surface area contributed by atoms with Crippen LogP contribution in [-0.2, 0) is 11.2 Å². The first-order valence-electron chi connectivity index (χ1n) is 7.81. The summed E-state index contributed by atoms with van der Waals surface area (Å²) in [6, 6.07) is 9.26. The van der Waals surface area contributed by atoms with E-state index in [0.29, 0.717) is 28.0 Å². The highest BCUT2D eigenvalue weighted by molar-refractivity contribution is 5.94. The highest BCUT2D eigenvalue weighted by Crippen LogP contribution is 2.27. The minimum atomic E-state index is -0.662. The van der Waals surface area contributed by atoms with Gasteiger partial charge in [-0.3, -0.25) is 9.59 Å².